The molecular formula is C8H15NO6S. The molecule has 7 nitrogen and oxygen atoms in total. The number of sulfonamides is 1. The van der Waals surface area contributed by atoms with Crippen molar-refractivity contribution in [1.29, 1.82) is 0 Å². The normalized spacial score (nSPS) is 13.5. The van der Waals surface area contributed by atoms with E-state index in [9.17, 15) is 18.0 Å². The van der Waals surface area contributed by atoms with E-state index in [-0.39, 0.29) is 5.92 Å². The number of nitrogens with one attached hydrogen (secondary N) is 1. The second-order valence-electron chi connectivity index (χ2n) is 3.52. The van der Waals surface area contributed by atoms with Gasteiger partial charge in [-0.2, -0.15) is 0 Å². The molecule has 1 atom stereocenters. The highest BCUT2D eigenvalue weighted by atomic mass is 32.2. The maximum absolute atomic E-state index is 11.3. The van der Waals surface area contributed by atoms with Crippen molar-refractivity contribution >= 4 is 22.0 Å². The Hall–Kier alpha value is -1.15. The number of carboxylic acids is 1. The van der Waals surface area contributed by atoms with Crippen LogP contribution in [-0.4, -0.2) is 44.4 Å². The van der Waals surface area contributed by atoms with E-state index < -0.39 is 33.8 Å². The summed E-state index contributed by atoms with van der Waals surface area (Å²) in [7, 11) is -2.90. The van der Waals surface area contributed by atoms with Crippen LogP contribution >= 0.6 is 0 Å². The Balaban J connectivity index is 4.76. The molecule has 8 heteroatoms. The zero-order valence-corrected chi connectivity index (χ0v) is 10.1. The van der Waals surface area contributed by atoms with Crippen LogP contribution in [0.5, 0.6) is 0 Å². The number of ether oxygens (including phenoxy) is 1. The van der Waals surface area contributed by atoms with Crippen molar-refractivity contribution in [1.82, 2.24) is 4.72 Å². The predicted octanol–water partition coefficient (Wildman–Crippen LogP) is -0.812. The molecule has 0 unspecified atom stereocenters. The average molecular weight is 253 g/mol. The minimum Gasteiger partial charge on any atom is -0.480 e. The molecule has 0 fully saturated rings. The summed E-state index contributed by atoms with van der Waals surface area (Å²) in [6.45, 7) is 3.23. The Labute approximate surface area is 93.8 Å². The first kappa shape index (κ1) is 14.8. The van der Waals surface area contributed by atoms with Crippen LogP contribution in [0.15, 0.2) is 0 Å². The number of carboxylic acid groups (broad SMARTS) is 1. The molecule has 0 saturated carbocycles. The van der Waals surface area contributed by atoms with Gasteiger partial charge in [-0.1, -0.05) is 13.8 Å². The molecule has 0 aliphatic heterocycles. The van der Waals surface area contributed by atoms with Gasteiger partial charge in [0.2, 0.25) is 10.0 Å². The molecular weight excluding hydrogens is 238 g/mol. The van der Waals surface area contributed by atoms with Crippen LogP contribution < -0.4 is 4.72 Å². The van der Waals surface area contributed by atoms with Gasteiger partial charge in [0.05, 0.1) is 7.11 Å². The van der Waals surface area contributed by atoms with Gasteiger partial charge in [0.25, 0.3) is 0 Å². The third kappa shape index (κ3) is 5.08. The van der Waals surface area contributed by atoms with E-state index in [0.29, 0.717) is 0 Å². The van der Waals surface area contributed by atoms with Gasteiger partial charge >= 0.3 is 11.9 Å². The third-order valence-electron chi connectivity index (χ3n) is 1.74. The molecule has 0 aliphatic carbocycles. The van der Waals surface area contributed by atoms with Crippen LogP contribution in [0.25, 0.3) is 0 Å². The molecule has 0 amide bonds. The fourth-order valence-electron chi connectivity index (χ4n) is 0.981. The Kier molecular flexibility index (Phi) is 5.39. The summed E-state index contributed by atoms with van der Waals surface area (Å²) in [6, 6.07) is -1.07. The summed E-state index contributed by atoms with van der Waals surface area (Å²) in [5.74, 6) is -3.65. The predicted molar refractivity (Wildman–Crippen MR) is 55.2 cm³/mol. The zero-order valence-electron chi connectivity index (χ0n) is 9.26. The quantitative estimate of drug-likeness (QED) is 0.599. The van der Waals surface area contributed by atoms with Gasteiger partial charge in [-0.3, -0.25) is 9.59 Å². The van der Waals surface area contributed by atoms with E-state index in [1.54, 1.807) is 13.8 Å². The number of rotatable bonds is 6. The third-order valence-corrected chi connectivity index (χ3v) is 2.98. The molecule has 2 N–H and O–H groups in total. The lowest BCUT2D eigenvalue weighted by Crippen LogP contribution is -2.46. The minimum absolute atomic E-state index is 0.337. The number of aliphatic carboxylic acids is 1. The van der Waals surface area contributed by atoms with Gasteiger partial charge in [0.1, 0.15) is 6.04 Å². The fraction of sp³-hybridized carbons (Fsp3) is 0.750. The molecule has 0 aromatic carbocycles. The first-order valence-electron chi connectivity index (χ1n) is 4.49. The van der Waals surface area contributed by atoms with Crippen LogP contribution in [0.4, 0.5) is 0 Å². The van der Waals surface area contributed by atoms with Crippen molar-refractivity contribution in [3.05, 3.63) is 0 Å². The lowest BCUT2D eigenvalue weighted by atomic mass is 10.1. The molecule has 0 aromatic heterocycles. The van der Waals surface area contributed by atoms with Crippen LogP contribution in [0.3, 0.4) is 0 Å². The molecule has 94 valence electrons. The van der Waals surface area contributed by atoms with Gasteiger partial charge in [-0.05, 0) is 5.92 Å². The smallest absolute Gasteiger partial charge is 0.324 e. The number of carbonyl (C=O) groups excluding carboxylic acids is 1. The number of hydrogen-bond acceptors (Lipinski definition) is 5. The lowest BCUT2D eigenvalue weighted by Gasteiger charge is -2.18. The van der Waals surface area contributed by atoms with Crippen molar-refractivity contribution in [2.45, 2.75) is 19.9 Å². The maximum atomic E-state index is 11.3. The molecule has 0 bridgehead atoms. The molecule has 0 spiro atoms. The standard InChI is InChI=1S/C8H15NO6S/c1-5(2)7(8(12)15-3)9-16(13,14)4-6(10)11/h5,7,9H,4H2,1-3H3,(H,10,11)/t7-/m0/s1. The first-order chi connectivity index (χ1) is 7.19. The summed E-state index contributed by atoms with van der Waals surface area (Å²) in [6.07, 6.45) is 0. The van der Waals surface area contributed by atoms with E-state index in [4.69, 9.17) is 5.11 Å². The summed E-state index contributed by atoms with van der Waals surface area (Å²) >= 11 is 0. The number of methoxy groups -OCH3 is 1. The first-order valence-corrected chi connectivity index (χ1v) is 6.14. The van der Waals surface area contributed by atoms with Crippen LogP contribution in [0.1, 0.15) is 13.8 Å². The van der Waals surface area contributed by atoms with E-state index in [2.05, 4.69) is 4.74 Å². The lowest BCUT2D eigenvalue weighted by molar-refractivity contribution is -0.143. The second kappa shape index (κ2) is 5.80. The topological polar surface area (TPSA) is 110 Å². The molecule has 0 radical (unpaired) electrons. The van der Waals surface area contributed by atoms with Crippen molar-refractivity contribution < 1.29 is 27.9 Å². The van der Waals surface area contributed by atoms with Crippen molar-refractivity contribution in [2.75, 3.05) is 12.9 Å². The minimum atomic E-state index is -4.03. The highest BCUT2D eigenvalue weighted by Crippen LogP contribution is 2.05. The van der Waals surface area contributed by atoms with E-state index in [1.165, 1.54) is 0 Å². The highest BCUT2D eigenvalue weighted by Gasteiger charge is 2.29. The Bertz CT molecular complexity index is 361. The Morgan fingerprint density at radius 1 is 1.38 bits per heavy atom. The molecule has 0 rings (SSSR count). The molecule has 0 heterocycles. The summed E-state index contributed by atoms with van der Waals surface area (Å²) in [5.41, 5.74) is 0. The number of carbonyl (C=O) groups is 2. The monoisotopic (exact) mass is 253 g/mol. The average Bonchev–Trinajstić information content (AvgIpc) is 2.10. The zero-order chi connectivity index (χ0) is 12.9. The van der Waals surface area contributed by atoms with Crippen LogP contribution in [-0.2, 0) is 24.3 Å². The van der Waals surface area contributed by atoms with Crippen molar-refractivity contribution in [2.24, 2.45) is 5.92 Å². The Morgan fingerprint density at radius 3 is 2.19 bits per heavy atom. The van der Waals surface area contributed by atoms with Gasteiger partial charge in [-0.25, -0.2) is 13.1 Å². The van der Waals surface area contributed by atoms with Crippen molar-refractivity contribution in [3.63, 3.8) is 0 Å². The number of hydrogen-bond donors (Lipinski definition) is 2. The van der Waals surface area contributed by atoms with Crippen LogP contribution in [0, 0.1) is 5.92 Å². The van der Waals surface area contributed by atoms with Crippen molar-refractivity contribution in [3.8, 4) is 0 Å². The van der Waals surface area contributed by atoms with Gasteiger partial charge in [0, 0.05) is 0 Å². The van der Waals surface area contributed by atoms with E-state index >= 15 is 0 Å². The summed E-state index contributed by atoms with van der Waals surface area (Å²) < 4.78 is 29.0. The summed E-state index contributed by atoms with van der Waals surface area (Å²) in [5, 5.41) is 8.36. The molecule has 0 aromatic rings. The molecule has 0 saturated heterocycles. The maximum Gasteiger partial charge on any atom is 0.324 e. The van der Waals surface area contributed by atoms with E-state index in [1.807, 2.05) is 4.72 Å². The molecule has 16 heavy (non-hydrogen) atoms. The van der Waals surface area contributed by atoms with Gasteiger partial charge in [-0.15, -0.1) is 0 Å². The fourth-order valence-corrected chi connectivity index (χ4v) is 2.14. The number of esters is 1. The summed E-state index contributed by atoms with van der Waals surface area (Å²) in [4.78, 5) is 21.5. The second-order valence-corrected chi connectivity index (χ2v) is 5.27. The van der Waals surface area contributed by atoms with Gasteiger partial charge in [0.15, 0.2) is 5.75 Å². The molecule has 0 aliphatic rings. The van der Waals surface area contributed by atoms with E-state index in [0.717, 1.165) is 7.11 Å². The Morgan fingerprint density at radius 2 is 1.88 bits per heavy atom. The van der Waals surface area contributed by atoms with Crippen LogP contribution in [0.2, 0.25) is 0 Å². The largest absolute Gasteiger partial charge is 0.480 e. The SMILES string of the molecule is COC(=O)[C@@H](NS(=O)(=O)CC(=O)O)C(C)C. The highest BCUT2D eigenvalue weighted by molar-refractivity contribution is 7.90. The van der Waals surface area contributed by atoms with Gasteiger partial charge < -0.3 is 9.84 Å².